The number of hydrogen-bond acceptors (Lipinski definition) is 2. The van der Waals surface area contributed by atoms with E-state index in [2.05, 4.69) is 0 Å². The third-order valence-electron chi connectivity index (χ3n) is 3.68. The molecule has 0 bridgehead atoms. The maximum absolute atomic E-state index is 6.62. The summed E-state index contributed by atoms with van der Waals surface area (Å²) in [4.78, 5) is 0. The van der Waals surface area contributed by atoms with Crippen molar-refractivity contribution in [1.29, 1.82) is 0 Å². The molecule has 4 heteroatoms. The second-order valence-corrected chi connectivity index (χ2v) is 5.87. The predicted octanol–water partition coefficient (Wildman–Crippen LogP) is 3.98. The molecule has 2 heterocycles. The molecule has 2 nitrogen and oxygen atoms in total. The fourth-order valence-electron chi connectivity index (χ4n) is 2.75. The van der Waals surface area contributed by atoms with Crippen molar-refractivity contribution in [3.63, 3.8) is 0 Å². The molecule has 0 amide bonds. The highest BCUT2D eigenvalue weighted by Gasteiger charge is 2.29. The number of rotatable bonds is 2. The number of halogens is 2. The quantitative estimate of drug-likeness (QED) is 0.766. The maximum Gasteiger partial charge on any atom is 0.127 e. The Morgan fingerprint density at radius 1 is 1.28 bits per heavy atom. The fourth-order valence-corrected chi connectivity index (χ4v) is 3.36. The molecule has 0 aromatic heterocycles. The van der Waals surface area contributed by atoms with E-state index in [1.54, 1.807) is 0 Å². The minimum Gasteiger partial charge on any atom is -0.493 e. The van der Waals surface area contributed by atoms with E-state index in [9.17, 15) is 0 Å². The van der Waals surface area contributed by atoms with E-state index in [0.29, 0.717) is 5.92 Å². The van der Waals surface area contributed by atoms with Crippen molar-refractivity contribution in [3.8, 4) is 5.75 Å². The fraction of sp³-hybridized carbons (Fsp3) is 0.571. The van der Waals surface area contributed by atoms with Gasteiger partial charge in [0.05, 0.1) is 18.6 Å². The summed E-state index contributed by atoms with van der Waals surface area (Å²) in [7, 11) is 0. The first-order chi connectivity index (χ1) is 8.75. The Kier molecular flexibility index (Phi) is 3.69. The molecular formula is C14H16Cl2O2. The highest BCUT2D eigenvalue weighted by molar-refractivity contribution is 6.31. The zero-order chi connectivity index (χ0) is 12.5. The Bertz CT molecular complexity index is 442. The molecule has 98 valence electrons. The van der Waals surface area contributed by atoms with E-state index in [0.717, 1.165) is 55.4 Å². The Labute approximate surface area is 117 Å². The lowest BCUT2D eigenvalue weighted by Gasteiger charge is -2.27. The molecule has 1 aromatic rings. The Balaban J connectivity index is 1.91. The smallest absolute Gasteiger partial charge is 0.127 e. The van der Waals surface area contributed by atoms with Gasteiger partial charge in [-0.3, -0.25) is 0 Å². The lowest BCUT2D eigenvalue weighted by molar-refractivity contribution is 0.0529. The van der Waals surface area contributed by atoms with Gasteiger partial charge in [0.15, 0.2) is 0 Å². The molecule has 1 fully saturated rings. The van der Waals surface area contributed by atoms with Gasteiger partial charge in [0.2, 0.25) is 0 Å². The van der Waals surface area contributed by atoms with Gasteiger partial charge in [-0.15, -0.1) is 11.6 Å². The molecule has 18 heavy (non-hydrogen) atoms. The Morgan fingerprint density at radius 2 is 2.17 bits per heavy atom. The Morgan fingerprint density at radius 3 is 2.94 bits per heavy atom. The summed E-state index contributed by atoms with van der Waals surface area (Å²) in [5, 5.41) is 0.674. The van der Waals surface area contributed by atoms with E-state index >= 15 is 0 Å². The van der Waals surface area contributed by atoms with Gasteiger partial charge < -0.3 is 9.47 Å². The largest absolute Gasteiger partial charge is 0.493 e. The first-order valence-electron chi connectivity index (χ1n) is 6.42. The monoisotopic (exact) mass is 286 g/mol. The minimum atomic E-state index is -0.0733. The van der Waals surface area contributed by atoms with Crippen molar-refractivity contribution in [2.75, 3.05) is 19.8 Å². The van der Waals surface area contributed by atoms with Crippen LogP contribution in [0, 0.1) is 5.92 Å². The lowest BCUT2D eigenvalue weighted by Crippen LogP contribution is -2.21. The lowest BCUT2D eigenvalue weighted by atomic mass is 9.92. The third kappa shape index (κ3) is 2.34. The number of benzene rings is 1. The van der Waals surface area contributed by atoms with Gasteiger partial charge >= 0.3 is 0 Å². The molecular weight excluding hydrogens is 271 g/mol. The molecule has 1 aromatic carbocycles. The van der Waals surface area contributed by atoms with Gasteiger partial charge in [-0.2, -0.15) is 0 Å². The van der Waals surface area contributed by atoms with Crippen LogP contribution in [0.15, 0.2) is 12.1 Å². The molecule has 3 rings (SSSR count). The summed E-state index contributed by atoms with van der Waals surface area (Å²) in [5.74, 6) is 1.30. The van der Waals surface area contributed by atoms with E-state index in [-0.39, 0.29) is 5.38 Å². The van der Waals surface area contributed by atoms with Crippen LogP contribution in [0.1, 0.15) is 29.3 Å². The van der Waals surface area contributed by atoms with Crippen LogP contribution >= 0.6 is 23.2 Å². The van der Waals surface area contributed by atoms with Crippen LogP contribution in [0.5, 0.6) is 5.75 Å². The molecule has 0 radical (unpaired) electrons. The van der Waals surface area contributed by atoms with E-state index in [1.165, 1.54) is 5.56 Å². The van der Waals surface area contributed by atoms with Crippen LogP contribution in [-0.2, 0) is 11.2 Å². The molecule has 0 spiro atoms. The van der Waals surface area contributed by atoms with Crippen LogP contribution in [0.2, 0.25) is 5.02 Å². The van der Waals surface area contributed by atoms with Gasteiger partial charge in [-0.25, -0.2) is 0 Å². The van der Waals surface area contributed by atoms with Crippen LogP contribution in [-0.4, -0.2) is 19.8 Å². The van der Waals surface area contributed by atoms with Crippen molar-refractivity contribution in [1.82, 2.24) is 0 Å². The van der Waals surface area contributed by atoms with Gasteiger partial charge in [-0.05, 0) is 30.5 Å². The van der Waals surface area contributed by atoms with Crippen LogP contribution in [0.3, 0.4) is 0 Å². The second-order valence-electron chi connectivity index (χ2n) is 4.96. The van der Waals surface area contributed by atoms with Crippen molar-refractivity contribution in [3.05, 3.63) is 28.3 Å². The summed E-state index contributed by atoms with van der Waals surface area (Å²) >= 11 is 12.8. The summed E-state index contributed by atoms with van der Waals surface area (Å²) in [6, 6.07) is 3.92. The maximum atomic E-state index is 6.62. The van der Waals surface area contributed by atoms with Crippen molar-refractivity contribution in [2.45, 2.75) is 24.6 Å². The molecule has 0 N–H and O–H groups in total. The topological polar surface area (TPSA) is 18.5 Å². The molecule has 0 aliphatic carbocycles. The summed E-state index contributed by atoms with van der Waals surface area (Å²) in [5.41, 5.74) is 2.21. The van der Waals surface area contributed by atoms with Gasteiger partial charge in [0, 0.05) is 29.5 Å². The summed E-state index contributed by atoms with van der Waals surface area (Å²) < 4.78 is 11.2. The van der Waals surface area contributed by atoms with Gasteiger partial charge in [0.1, 0.15) is 5.75 Å². The van der Waals surface area contributed by atoms with Crippen molar-refractivity contribution in [2.24, 2.45) is 5.92 Å². The zero-order valence-corrected chi connectivity index (χ0v) is 11.6. The second kappa shape index (κ2) is 5.28. The first kappa shape index (κ1) is 12.6. The molecule has 2 aliphatic rings. The predicted molar refractivity (Wildman–Crippen MR) is 72.8 cm³/mol. The minimum absolute atomic E-state index is 0.0733. The standard InChI is InChI=1S/C14H16Cl2O2/c15-11-6-9-3-5-18-14(9)12(7-11)13(16)10-2-1-4-17-8-10/h6-7,10,13H,1-5,8H2. The molecule has 2 unspecified atom stereocenters. The molecule has 1 saturated heterocycles. The van der Waals surface area contributed by atoms with Gasteiger partial charge in [0.25, 0.3) is 0 Å². The summed E-state index contributed by atoms with van der Waals surface area (Å²) in [6.07, 6.45) is 3.11. The number of ether oxygens (including phenoxy) is 2. The zero-order valence-electron chi connectivity index (χ0n) is 10.1. The SMILES string of the molecule is Clc1cc2c(c(C(Cl)C3CCCOC3)c1)OCC2. The molecule has 0 saturated carbocycles. The highest BCUT2D eigenvalue weighted by atomic mass is 35.5. The Hall–Kier alpha value is -0.440. The van der Waals surface area contributed by atoms with E-state index in [4.69, 9.17) is 32.7 Å². The van der Waals surface area contributed by atoms with Crippen LogP contribution in [0.4, 0.5) is 0 Å². The number of alkyl halides is 1. The third-order valence-corrected chi connectivity index (χ3v) is 4.49. The van der Waals surface area contributed by atoms with Crippen LogP contribution < -0.4 is 4.74 Å². The summed E-state index contributed by atoms with van der Waals surface area (Å²) in [6.45, 7) is 2.31. The van der Waals surface area contributed by atoms with E-state index < -0.39 is 0 Å². The highest BCUT2D eigenvalue weighted by Crippen LogP contribution is 2.43. The normalized spacial score (nSPS) is 24.4. The van der Waals surface area contributed by atoms with E-state index in [1.807, 2.05) is 12.1 Å². The molecule has 2 atom stereocenters. The average Bonchev–Trinajstić information content (AvgIpc) is 2.86. The number of fused-ring (bicyclic) bond motifs is 1. The van der Waals surface area contributed by atoms with Crippen molar-refractivity contribution >= 4 is 23.2 Å². The van der Waals surface area contributed by atoms with Gasteiger partial charge in [-0.1, -0.05) is 11.6 Å². The first-order valence-corrected chi connectivity index (χ1v) is 7.24. The number of hydrogen-bond donors (Lipinski definition) is 0. The molecule has 2 aliphatic heterocycles. The van der Waals surface area contributed by atoms with Crippen molar-refractivity contribution < 1.29 is 9.47 Å². The average molecular weight is 287 g/mol. The van der Waals surface area contributed by atoms with Crippen LogP contribution in [0.25, 0.3) is 0 Å².